The number of likely N-dealkylation sites (N-methyl/N-ethyl adjacent to an activating group) is 1. The molecule has 21 heavy (non-hydrogen) atoms. The summed E-state index contributed by atoms with van der Waals surface area (Å²) in [5.41, 5.74) is 0.794. The molecule has 1 fully saturated rings. The Morgan fingerprint density at radius 3 is 2.90 bits per heavy atom. The Kier molecular flexibility index (Phi) is 4.31. The minimum Gasteiger partial charge on any atom is -0.337 e. The second-order valence-electron chi connectivity index (χ2n) is 5.10. The van der Waals surface area contributed by atoms with E-state index in [-0.39, 0.29) is 11.9 Å². The highest BCUT2D eigenvalue weighted by Crippen LogP contribution is 2.35. The number of aromatic nitrogens is 1. The monoisotopic (exact) mass is 341 g/mol. The number of carbonyl (C=O) groups excluding carboxylic acids is 1. The molecule has 1 N–H and O–H groups in total. The van der Waals surface area contributed by atoms with Gasteiger partial charge in [-0.2, -0.15) is 0 Å². The van der Waals surface area contributed by atoms with Gasteiger partial charge in [0.1, 0.15) is 9.88 Å². The number of nitrogens with zero attached hydrogens (tertiary/aromatic N) is 2. The highest BCUT2D eigenvalue weighted by molar-refractivity contribution is 7.24. The van der Waals surface area contributed by atoms with Gasteiger partial charge in [0, 0.05) is 19.6 Å². The number of aryl methyl sites for hydroxylation is 1. The normalized spacial score (nSPS) is 18.1. The average molecular weight is 342 g/mol. The van der Waals surface area contributed by atoms with E-state index < -0.39 is 0 Å². The highest BCUT2D eigenvalue weighted by Gasteiger charge is 2.27. The van der Waals surface area contributed by atoms with E-state index in [1.54, 1.807) is 0 Å². The number of carbonyl (C=O) groups is 1. The lowest BCUT2D eigenvalue weighted by Gasteiger charge is -2.23. The fraction of sp³-hybridized carbons (Fsp3) is 0.429. The van der Waals surface area contributed by atoms with Crippen LogP contribution in [0.2, 0.25) is 4.34 Å². The molecule has 4 nitrogen and oxygen atoms in total. The van der Waals surface area contributed by atoms with Gasteiger partial charge in [0.15, 0.2) is 0 Å². The summed E-state index contributed by atoms with van der Waals surface area (Å²) in [7, 11) is 1.88. The Bertz CT molecular complexity index is 661. The van der Waals surface area contributed by atoms with Crippen molar-refractivity contribution in [2.45, 2.75) is 19.4 Å². The predicted molar refractivity (Wildman–Crippen MR) is 88.5 cm³/mol. The lowest BCUT2D eigenvalue weighted by Crippen LogP contribution is -2.38. The van der Waals surface area contributed by atoms with Crippen LogP contribution in [0.3, 0.4) is 0 Å². The van der Waals surface area contributed by atoms with Crippen molar-refractivity contribution in [3.63, 3.8) is 0 Å². The standard InChI is InChI=1S/C14H16ClN3OS2/c1-8-12(14(19)18(2)9-5-6-16-7-9)21-13(17-8)10-3-4-11(15)20-10/h3-4,9,16H,5-7H2,1-2H3. The zero-order valence-corrected chi connectivity index (χ0v) is 14.2. The van der Waals surface area contributed by atoms with Crippen LogP contribution in [-0.4, -0.2) is 42.0 Å². The molecule has 1 unspecified atom stereocenters. The summed E-state index contributed by atoms with van der Waals surface area (Å²) in [5.74, 6) is 0.0626. The first-order valence-corrected chi connectivity index (χ1v) is 8.78. The van der Waals surface area contributed by atoms with Crippen LogP contribution in [0.25, 0.3) is 9.88 Å². The summed E-state index contributed by atoms with van der Waals surface area (Å²) in [6.45, 7) is 3.74. The van der Waals surface area contributed by atoms with E-state index in [1.807, 2.05) is 31.0 Å². The first-order chi connectivity index (χ1) is 10.1. The third kappa shape index (κ3) is 2.99. The van der Waals surface area contributed by atoms with E-state index in [2.05, 4.69) is 10.3 Å². The molecule has 1 atom stereocenters. The molecule has 0 aliphatic carbocycles. The molecule has 2 aromatic rings. The summed E-state index contributed by atoms with van der Waals surface area (Å²) in [5, 5.41) is 4.16. The molecule has 3 rings (SSSR count). The Balaban J connectivity index is 1.85. The largest absolute Gasteiger partial charge is 0.337 e. The van der Waals surface area contributed by atoms with Crippen LogP contribution < -0.4 is 5.32 Å². The summed E-state index contributed by atoms with van der Waals surface area (Å²) in [4.78, 5) is 20.8. The van der Waals surface area contributed by atoms with Gasteiger partial charge in [-0.3, -0.25) is 4.79 Å². The van der Waals surface area contributed by atoms with Gasteiger partial charge in [0.25, 0.3) is 5.91 Å². The van der Waals surface area contributed by atoms with Gasteiger partial charge in [-0.15, -0.1) is 22.7 Å². The molecule has 3 heterocycles. The van der Waals surface area contributed by atoms with Crippen LogP contribution in [0.1, 0.15) is 21.8 Å². The number of halogens is 1. The molecular formula is C14H16ClN3OS2. The minimum absolute atomic E-state index is 0.0626. The van der Waals surface area contributed by atoms with Crippen molar-refractivity contribution in [2.75, 3.05) is 20.1 Å². The van der Waals surface area contributed by atoms with Crippen LogP contribution in [0.4, 0.5) is 0 Å². The Hall–Kier alpha value is -0.950. The summed E-state index contributed by atoms with van der Waals surface area (Å²) in [6.07, 6.45) is 1.01. The first kappa shape index (κ1) is 15.0. The molecule has 1 amide bonds. The molecule has 0 aromatic carbocycles. The molecule has 0 spiro atoms. The van der Waals surface area contributed by atoms with E-state index >= 15 is 0 Å². The van der Waals surface area contributed by atoms with Crippen molar-refractivity contribution in [1.29, 1.82) is 0 Å². The quantitative estimate of drug-likeness (QED) is 0.932. The number of hydrogen-bond donors (Lipinski definition) is 1. The lowest BCUT2D eigenvalue weighted by atomic mass is 10.2. The molecule has 112 valence electrons. The van der Waals surface area contributed by atoms with Gasteiger partial charge in [-0.25, -0.2) is 4.98 Å². The Morgan fingerprint density at radius 1 is 1.48 bits per heavy atom. The molecule has 1 aliphatic rings. The van der Waals surface area contributed by atoms with Gasteiger partial charge < -0.3 is 10.2 Å². The zero-order valence-electron chi connectivity index (χ0n) is 11.9. The third-order valence-electron chi connectivity index (χ3n) is 3.68. The number of thiophene rings is 1. The molecule has 2 aromatic heterocycles. The lowest BCUT2D eigenvalue weighted by molar-refractivity contribution is 0.0747. The van der Waals surface area contributed by atoms with Crippen LogP contribution in [0, 0.1) is 6.92 Å². The number of rotatable bonds is 3. The Morgan fingerprint density at radius 2 is 2.29 bits per heavy atom. The van der Waals surface area contributed by atoms with Crippen molar-refractivity contribution < 1.29 is 4.79 Å². The Labute approximate surface area is 136 Å². The number of hydrogen-bond acceptors (Lipinski definition) is 5. The predicted octanol–water partition coefficient (Wildman–Crippen LogP) is 3.27. The van der Waals surface area contributed by atoms with Crippen LogP contribution in [0.15, 0.2) is 12.1 Å². The van der Waals surface area contributed by atoms with Gasteiger partial charge in [-0.1, -0.05) is 11.6 Å². The van der Waals surface area contributed by atoms with Gasteiger partial charge in [0.05, 0.1) is 14.9 Å². The number of nitrogens with one attached hydrogen (secondary N) is 1. The summed E-state index contributed by atoms with van der Waals surface area (Å²) >= 11 is 8.91. The zero-order chi connectivity index (χ0) is 15.0. The van der Waals surface area contributed by atoms with Crippen molar-refractivity contribution >= 4 is 40.2 Å². The molecule has 0 radical (unpaired) electrons. The van der Waals surface area contributed by atoms with E-state index in [0.717, 1.165) is 44.3 Å². The van der Waals surface area contributed by atoms with Gasteiger partial charge >= 0.3 is 0 Å². The van der Waals surface area contributed by atoms with Crippen LogP contribution >= 0.6 is 34.3 Å². The minimum atomic E-state index is 0.0626. The maximum atomic E-state index is 12.6. The number of amides is 1. The smallest absolute Gasteiger partial charge is 0.265 e. The van der Waals surface area contributed by atoms with Crippen LogP contribution in [-0.2, 0) is 0 Å². The SMILES string of the molecule is Cc1nc(-c2ccc(Cl)s2)sc1C(=O)N(C)C1CCNC1. The van der Waals surface area contributed by atoms with E-state index in [9.17, 15) is 4.79 Å². The fourth-order valence-corrected chi connectivity index (χ4v) is 4.57. The van der Waals surface area contributed by atoms with Crippen molar-refractivity contribution in [3.8, 4) is 9.88 Å². The molecule has 0 saturated carbocycles. The van der Waals surface area contributed by atoms with Crippen LogP contribution in [0.5, 0.6) is 0 Å². The third-order valence-corrected chi connectivity index (χ3v) is 6.22. The maximum Gasteiger partial charge on any atom is 0.265 e. The number of thiazole rings is 1. The molecule has 1 saturated heterocycles. The first-order valence-electron chi connectivity index (χ1n) is 6.77. The van der Waals surface area contributed by atoms with Gasteiger partial charge in [0.2, 0.25) is 0 Å². The second kappa shape index (κ2) is 6.04. The molecule has 0 bridgehead atoms. The molecule has 1 aliphatic heterocycles. The molecular weight excluding hydrogens is 326 g/mol. The molecule has 7 heteroatoms. The van der Waals surface area contributed by atoms with Crippen molar-refractivity contribution in [3.05, 3.63) is 27.0 Å². The van der Waals surface area contributed by atoms with E-state index in [1.165, 1.54) is 22.7 Å². The second-order valence-corrected chi connectivity index (χ2v) is 7.81. The summed E-state index contributed by atoms with van der Waals surface area (Å²) < 4.78 is 0.736. The maximum absolute atomic E-state index is 12.6. The van der Waals surface area contributed by atoms with E-state index in [0.29, 0.717) is 0 Å². The average Bonchev–Trinajstić information content (AvgIpc) is 3.17. The highest BCUT2D eigenvalue weighted by atomic mass is 35.5. The van der Waals surface area contributed by atoms with Crippen molar-refractivity contribution in [2.24, 2.45) is 0 Å². The summed E-state index contributed by atoms with van der Waals surface area (Å²) in [6, 6.07) is 4.08. The topological polar surface area (TPSA) is 45.2 Å². The van der Waals surface area contributed by atoms with E-state index in [4.69, 9.17) is 11.6 Å². The van der Waals surface area contributed by atoms with Gasteiger partial charge in [-0.05, 0) is 32.0 Å². The fourth-order valence-electron chi connectivity index (χ4n) is 2.43. The van der Waals surface area contributed by atoms with Crippen molar-refractivity contribution in [1.82, 2.24) is 15.2 Å².